The van der Waals surface area contributed by atoms with E-state index in [2.05, 4.69) is 49.0 Å². The van der Waals surface area contributed by atoms with Gasteiger partial charge in [-0.25, -0.2) is 0 Å². The molecule has 1 aliphatic heterocycles. The summed E-state index contributed by atoms with van der Waals surface area (Å²) in [5.74, 6) is 0. The van der Waals surface area contributed by atoms with Gasteiger partial charge in [-0.3, -0.25) is 5.32 Å². The maximum atomic E-state index is 9.45. The minimum absolute atomic E-state index is 0.318. The van der Waals surface area contributed by atoms with Gasteiger partial charge in [0.05, 0.1) is 6.07 Å². The average Bonchev–Trinajstić information content (AvgIpc) is 2.54. The molecule has 1 fully saturated rings. The van der Waals surface area contributed by atoms with E-state index >= 15 is 0 Å². The number of nitrogens with zero attached hydrogens (tertiary/aromatic N) is 3. The van der Waals surface area contributed by atoms with Gasteiger partial charge in [-0.1, -0.05) is 20.8 Å². The molecule has 4 heteroatoms. The molecule has 0 spiro atoms. The SMILES string of the molecule is CCNC(C#N)(CC)CCCN(C)C1CCN(CC)CC1. The molecular formula is C17H34N4. The van der Waals surface area contributed by atoms with E-state index in [1.807, 2.05) is 0 Å². The Morgan fingerprint density at radius 1 is 1.29 bits per heavy atom. The van der Waals surface area contributed by atoms with Crippen molar-refractivity contribution in [1.29, 1.82) is 5.26 Å². The molecule has 0 aromatic heterocycles. The fraction of sp³-hybridized carbons (Fsp3) is 0.941. The van der Waals surface area contributed by atoms with Crippen molar-refractivity contribution < 1.29 is 0 Å². The first-order valence-corrected chi connectivity index (χ1v) is 8.69. The fourth-order valence-corrected chi connectivity index (χ4v) is 3.39. The number of piperidine rings is 1. The minimum Gasteiger partial charge on any atom is -0.303 e. The van der Waals surface area contributed by atoms with Gasteiger partial charge >= 0.3 is 0 Å². The van der Waals surface area contributed by atoms with Crippen LogP contribution in [0.5, 0.6) is 0 Å². The van der Waals surface area contributed by atoms with Crippen molar-refractivity contribution in [3.8, 4) is 6.07 Å². The number of likely N-dealkylation sites (tertiary alicyclic amines) is 1. The molecule has 0 saturated carbocycles. The van der Waals surface area contributed by atoms with E-state index in [-0.39, 0.29) is 5.54 Å². The van der Waals surface area contributed by atoms with Gasteiger partial charge in [0.25, 0.3) is 0 Å². The number of rotatable bonds is 9. The van der Waals surface area contributed by atoms with E-state index in [1.54, 1.807) is 0 Å². The second-order valence-electron chi connectivity index (χ2n) is 6.33. The number of hydrogen-bond acceptors (Lipinski definition) is 4. The zero-order valence-corrected chi connectivity index (χ0v) is 14.5. The van der Waals surface area contributed by atoms with Crippen molar-refractivity contribution in [3.63, 3.8) is 0 Å². The summed E-state index contributed by atoms with van der Waals surface area (Å²) in [4.78, 5) is 5.05. The minimum atomic E-state index is -0.318. The second kappa shape index (κ2) is 9.40. The highest BCUT2D eigenvalue weighted by Gasteiger charge is 2.27. The van der Waals surface area contributed by atoms with Gasteiger partial charge in [-0.2, -0.15) is 5.26 Å². The van der Waals surface area contributed by atoms with Gasteiger partial charge < -0.3 is 9.80 Å². The standard InChI is InChI=1S/C17H34N4/c1-5-17(15-18,19-6-2)11-8-12-20(4)16-9-13-21(7-3)14-10-16/h16,19H,5-14H2,1-4H3. The molecule has 122 valence electrons. The lowest BCUT2D eigenvalue weighted by atomic mass is 9.91. The van der Waals surface area contributed by atoms with Gasteiger partial charge in [0.15, 0.2) is 0 Å². The summed E-state index contributed by atoms with van der Waals surface area (Å²) in [5.41, 5.74) is -0.318. The van der Waals surface area contributed by atoms with E-state index in [4.69, 9.17) is 0 Å². The third-order valence-corrected chi connectivity index (χ3v) is 5.07. The number of nitrogens with one attached hydrogen (secondary N) is 1. The molecule has 1 heterocycles. The van der Waals surface area contributed by atoms with Crippen molar-refractivity contribution in [2.24, 2.45) is 0 Å². The Bertz CT molecular complexity index is 317. The van der Waals surface area contributed by atoms with Gasteiger partial charge in [-0.15, -0.1) is 0 Å². The predicted octanol–water partition coefficient (Wildman–Crippen LogP) is 2.46. The van der Waals surface area contributed by atoms with Crippen LogP contribution < -0.4 is 5.32 Å². The maximum absolute atomic E-state index is 9.45. The Hall–Kier alpha value is -0.630. The molecular weight excluding hydrogens is 260 g/mol. The highest BCUT2D eigenvalue weighted by atomic mass is 15.2. The first-order valence-electron chi connectivity index (χ1n) is 8.69. The number of nitriles is 1. The average molecular weight is 294 g/mol. The topological polar surface area (TPSA) is 42.3 Å². The highest BCUT2D eigenvalue weighted by molar-refractivity contribution is 5.06. The molecule has 0 aromatic carbocycles. The monoisotopic (exact) mass is 294 g/mol. The molecule has 21 heavy (non-hydrogen) atoms. The van der Waals surface area contributed by atoms with Crippen molar-refractivity contribution in [2.45, 2.75) is 64.5 Å². The second-order valence-corrected chi connectivity index (χ2v) is 6.33. The zero-order chi connectivity index (χ0) is 15.7. The van der Waals surface area contributed by atoms with Crippen molar-refractivity contribution in [2.75, 3.05) is 39.8 Å². The van der Waals surface area contributed by atoms with Crippen molar-refractivity contribution >= 4 is 0 Å². The van der Waals surface area contributed by atoms with Crippen molar-refractivity contribution in [3.05, 3.63) is 0 Å². The largest absolute Gasteiger partial charge is 0.303 e. The Kier molecular flexibility index (Phi) is 8.24. The molecule has 1 saturated heterocycles. The fourth-order valence-electron chi connectivity index (χ4n) is 3.39. The van der Waals surface area contributed by atoms with E-state index in [0.29, 0.717) is 0 Å². The zero-order valence-electron chi connectivity index (χ0n) is 14.5. The van der Waals surface area contributed by atoms with Crippen LogP contribution in [-0.4, -0.2) is 61.2 Å². The molecule has 0 radical (unpaired) electrons. The third kappa shape index (κ3) is 5.58. The summed E-state index contributed by atoms with van der Waals surface area (Å²) in [7, 11) is 2.25. The molecule has 4 nitrogen and oxygen atoms in total. The van der Waals surface area contributed by atoms with Crippen LogP contribution in [0.25, 0.3) is 0 Å². The van der Waals surface area contributed by atoms with Crippen LogP contribution in [0.15, 0.2) is 0 Å². The predicted molar refractivity (Wildman–Crippen MR) is 89.3 cm³/mol. The van der Waals surface area contributed by atoms with E-state index in [1.165, 1.54) is 32.5 Å². The normalized spacial score (nSPS) is 20.4. The highest BCUT2D eigenvalue weighted by Crippen LogP contribution is 2.19. The van der Waals surface area contributed by atoms with Gasteiger partial charge in [0, 0.05) is 6.04 Å². The molecule has 1 rings (SSSR count). The molecule has 1 unspecified atom stereocenters. The Balaban J connectivity index is 2.33. The number of hydrogen-bond donors (Lipinski definition) is 1. The lowest BCUT2D eigenvalue weighted by Gasteiger charge is -2.36. The molecule has 1 N–H and O–H groups in total. The van der Waals surface area contributed by atoms with Crippen molar-refractivity contribution in [1.82, 2.24) is 15.1 Å². The van der Waals surface area contributed by atoms with E-state index < -0.39 is 0 Å². The molecule has 1 atom stereocenters. The van der Waals surface area contributed by atoms with Crippen LogP contribution in [0.1, 0.15) is 52.9 Å². The lowest BCUT2D eigenvalue weighted by Crippen LogP contribution is -2.45. The summed E-state index contributed by atoms with van der Waals surface area (Å²) in [6.45, 7) is 12.1. The summed E-state index contributed by atoms with van der Waals surface area (Å²) >= 11 is 0. The summed E-state index contributed by atoms with van der Waals surface area (Å²) in [5, 5.41) is 12.8. The van der Waals surface area contributed by atoms with Gasteiger partial charge in [0.2, 0.25) is 0 Å². The Labute approximate surface area is 131 Å². The summed E-state index contributed by atoms with van der Waals surface area (Å²) in [6.07, 6.45) is 5.50. The maximum Gasteiger partial charge on any atom is 0.106 e. The first kappa shape index (κ1) is 18.4. The summed E-state index contributed by atoms with van der Waals surface area (Å²) in [6, 6.07) is 3.22. The van der Waals surface area contributed by atoms with Gasteiger partial charge in [0.1, 0.15) is 5.54 Å². The van der Waals surface area contributed by atoms with Crippen LogP contribution >= 0.6 is 0 Å². The van der Waals surface area contributed by atoms with E-state index in [0.717, 1.165) is 38.4 Å². The van der Waals surface area contributed by atoms with Crippen LogP contribution in [0.4, 0.5) is 0 Å². The van der Waals surface area contributed by atoms with Crippen LogP contribution in [0.3, 0.4) is 0 Å². The molecule has 0 aliphatic carbocycles. The lowest BCUT2D eigenvalue weighted by molar-refractivity contribution is 0.128. The molecule has 0 bridgehead atoms. The molecule has 0 aromatic rings. The smallest absolute Gasteiger partial charge is 0.106 e. The quantitative estimate of drug-likeness (QED) is 0.709. The Morgan fingerprint density at radius 2 is 1.95 bits per heavy atom. The van der Waals surface area contributed by atoms with Crippen LogP contribution in [0.2, 0.25) is 0 Å². The molecule has 0 amide bonds. The van der Waals surface area contributed by atoms with E-state index in [9.17, 15) is 5.26 Å². The van der Waals surface area contributed by atoms with Crippen LogP contribution in [-0.2, 0) is 0 Å². The first-order chi connectivity index (χ1) is 10.1. The van der Waals surface area contributed by atoms with Gasteiger partial charge in [-0.05, 0) is 71.9 Å². The third-order valence-electron chi connectivity index (χ3n) is 5.07. The van der Waals surface area contributed by atoms with Crippen LogP contribution in [0, 0.1) is 11.3 Å². The molecule has 1 aliphatic rings. The Morgan fingerprint density at radius 3 is 2.43 bits per heavy atom. The summed E-state index contributed by atoms with van der Waals surface area (Å²) < 4.78 is 0.